The maximum absolute atomic E-state index is 13.7. The summed E-state index contributed by atoms with van der Waals surface area (Å²) in [6.07, 6.45) is 7.52. The van der Waals surface area contributed by atoms with Crippen molar-refractivity contribution in [2.75, 3.05) is 21.7 Å². The molecular weight excluding hydrogens is 504 g/mol. The van der Waals surface area contributed by atoms with Crippen molar-refractivity contribution < 1.29 is 23.3 Å². The van der Waals surface area contributed by atoms with Gasteiger partial charge in [-0.1, -0.05) is 43.5 Å². The van der Waals surface area contributed by atoms with Gasteiger partial charge in [0.25, 0.3) is 5.91 Å². The van der Waals surface area contributed by atoms with Gasteiger partial charge in [0.05, 0.1) is 17.8 Å². The van der Waals surface area contributed by atoms with Crippen LogP contribution >= 0.6 is 11.8 Å². The average molecular weight is 539 g/mol. The molecule has 2 aromatic heterocycles. The van der Waals surface area contributed by atoms with E-state index in [0.29, 0.717) is 23.0 Å². The van der Waals surface area contributed by atoms with Crippen LogP contribution in [0.5, 0.6) is 0 Å². The highest BCUT2D eigenvalue weighted by Gasteiger charge is 2.36. The van der Waals surface area contributed by atoms with Crippen molar-refractivity contribution in [3.8, 4) is 0 Å². The summed E-state index contributed by atoms with van der Waals surface area (Å²) in [5.41, 5.74) is 1.71. The van der Waals surface area contributed by atoms with E-state index in [1.165, 1.54) is 17.6 Å². The second kappa shape index (κ2) is 13.3. The molecule has 1 atom stereocenters. The monoisotopic (exact) mass is 538 g/mol. The van der Waals surface area contributed by atoms with Gasteiger partial charge in [-0.05, 0) is 56.0 Å². The summed E-state index contributed by atoms with van der Waals surface area (Å²) in [4.78, 5) is 41.2. The summed E-state index contributed by atoms with van der Waals surface area (Å²) in [6, 6.07) is 11.8. The zero-order chi connectivity index (χ0) is 26.9. The standard InChI is InChI=1S/C28H34N4O5S/c1-3-20-11-13-22(14-12-20)32(26(34)18-38-17-25(33)30-24-16-19(2)37-31-24)27(23-10-7-15-36-23)28(35)29-21-8-5-4-6-9-21/h7,10-16,21,27H,3-6,8-9,17-18H2,1-2H3,(H,29,35)(H,30,31,33)/t27-/m0/s1. The van der Waals surface area contributed by atoms with Crippen LogP contribution in [-0.2, 0) is 20.8 Å². The molecule has 0 saturated heterocycles. The van der Waals surface area contributed by atoms with Crippen LogP contribution < -0.4 is 15.5 Å². The minimum atomic E-state index is -0.973. The van der Waals surface area contributed by atoms with Crippen molar-refractivity contribution in [1.82, 2.24) is 10.5 Å². The molecule has 38 heavy (non-hydrogen) atoms. The van der Waals surface area contributed by atoms with E-state index < -0.39 is 6.04 Å². The highest BCUT2D eigenvalue weighted by molar-refractivity contribution is 8.00. The summed E-state index contributed by atoms with van der Waals surface area (Å²) in [5.74, 6) is 0.461. The fourth-order valence-electron chi connectivity index (χ4n) is 4.58. The second-order valence-electron chi connectivity index (χ2n) is 9.41. The Morgan fingerprint density at radius 3 is 2.50 bits per heavy atom. The molecule has 9 nitrogen and oxygen atoms in total. The number of carbonyl (C=O) groups is 3. The van der Waals surface area contributed by atoms with E-state index in [4.69, 9.17) is 8.94 Å². The Morgan fingerprint density at radius 1 is 1.11 bits per heavy atom. The van der Waals surface area contributed by atoms with Gasteiger partial charge in [-0.2, -0.15) is 0 Å². The molecule has 0 bridgehead atoms. The first-order valence-electron chi connectivity index (χ1n) is 13.0. The third-order valence-electron chi connectivity index (χ3n) is 6.52. The molecule has 0 spiro atoms. The number of carbonyl (C=O) groups excluding carboxylic acids is 3. The van der Waals surface area contributed by atoms with E-state index in [0.717, 1.165) is 49.4 Å². The quantitative estimate of drug-likeness (QED) is 0.351. The number of nitrogens with zero attached hydrogens (tertiary/aromatic N) is 2. The van der Waals surface area contributed by atoms with Crippen LogP contribution in [0.4, 0.5) is 11.5 Å². The number of hydrogen-bond acceptors (Lipinski definition) is 7. The van der Waals surface area contributed by atoms with Crippen LogP contribution in [-0.4, -0.2) is 40.4 Å². The highest BCUT2D eigenvalue weighted by atomic mass is 32.2. The minimum Gasteiger partial charge on any atom is -0.467 e. The number of amides is 3. The summed E-state index contributed by atoms with van der Waals surface area (Å²) >= 11 is 1.16. The molecule has 0 unspecified atom stereocenters. The first kappa shape index (κ1) is 27.5. The molecule has 1 saturated carbocycles. The van der Waals surface area contributed by atoms with Gasteiger partial charge in [0.1, 0.15) is 11.5 Å². The number of benzene rings is 1. The van der Waals surface area contributed by atoms with E-state index >= 15 is 0 Å². The molecule has 202 valence electrons. The number of anilines is 2. The molecule has 0 aliphatic heterocycles. The van der Waals surface area contributed by atoms with Gasteiger partial charge in [-0.25, -0.2) is 0 Å². The van der Waals surface area contributed by atoms with Crippen molar-refractivity contribution in [2.45, 2.75) is 64.5 Å². The lowest BCUT2D eigenvalue weighted by molar-refractivity contribution is -0.127. The molecule has 10 heteroatoms. The van der Waals surface area contributed by atoms with Crippen LogP contribution in [0.3, 0.4) is 0 Å². The first-order chi connectivity index (χ1) is 18.4. The summed E-state index contributed by atoms with van der Waals surface area (Å²) in [5, 5.41) is 9.56. The van der Waals surface area contributed by atoms with Crippen LogP contribution in [0.25, 0.3) is 0 Å². The largest absolute Gasteiger partial charge is 0.467 e. The number of nitrogens with one attached hydrogen (secondary N) is 2. The zero-order valence-electron chi connectivity index (χ0n) is 21.8. The number of thioether (sulfide) groups is 1. The van der Waals surface area contributed by atoms with Crippen molar-refractivity contribution in [2.24, 2.45) is 0 Å². The molecule has 1 fully saturated rings. The first-order valence-corrected chi connectivity index (χ1v) is 14.2. The molecule has 0 radical (unpaired) electrons. The Balaban J connectivity index is 1.52. The third-order valence-corrected chi connectivity index (χ3v) is 7.43. The second-order valence-corrected chi connectivity index (χ2v) is 10.4. The predicted octanol–water partition coefficient (Wildman–Crippen LogP) is 5.03. The third kappa shape index (κ3) is 7.28. The van der Waals surface area contributed by atoms with Crippen molar-refractivity contribution >= 4 is 41.0 Å². The number of aryl methyl sites for hydroxylation is 2. The molecule has 2 heterocycles. The Labute approximate surface area is 226 Å². The van der Waals surface area contributed by atoms with Crippen LogP contribution in [0.15, 0.2) is 57.7 Å². The van der Waals surface area contributed by atoms with E-state index in [9.17, 15) is 14.4 Å². The van der Waals surface area contributed by atoms with Gasteiger partial charge < -0.3 is 19.6 Å². The zero-order valence-corrected chi connectivity index (χ0v) is 22.6. The molecule has 3 aromatic rings. The fraction of sp³-hybridized carbons (Fsp3) is 0.429. The van der Waals surface area contributed by atoms with Crippen LogP contribution in [0.2, 0.25) is 0 Å². The molecule has 1 aliphatic carbocycles. The topological polar surface area (TPSA) is 118 Å². The number of furan rings is 1. The van der Waals surface area contributed by atoms with E-state index in [1.54, 1.807) is 25.1 Å². The number of hydrogen-bond donors (Lipinski definition) is 2. The molecular formula is C28H34N4O5S. The number of rotatable bonds is 11. The molecule has 2 N–H and O–H groups in total. The van der Waals surface area contributed by atoms with Gasteiger partial charge in [0.2, 0.25) is 11.8 Å². The van der Waals surface area contributed by atoms with Gasteiger partial charge >= 0.3 is 0 Å². The summed E-state index contributed by atoms with van der Waals surface area (Å²) < 4.78 is 10.6. The van der Waals surface area contributed by atoms with Gasteiger partial charge in [0.15, 0.2) is 11.9 Å². The highest BCUT2D eigenvalue weighted by Crippen LogP contribution is 2.30. The SMILES string of the molecule is CCc1ccc(N(C(=O)CSCC(=O)Nc2cc(C)on2)[C@H](C(=O)NC2CCCCC2)c2ccco2)cc1. The molecule has 4 rings (SSSR count). The Morgan fingerprint density at radius 2 is 1.87 bits per heavy atom. The smallest absolute Gasteiger partial charge is 0.251 e. The van der Waals surface area contributed by atoms with Crippen molar-refractivity contribution in [3.05, 3.63) is 65.8 Å². The maximum Gasteiger partial charge on any atom is 0.251 e. The lowest BCUT2D eigenvalue weighted by Crippen LogP contribution is -2.47. The lowest BCUT2D eigenvalue weighted by Gasteiger charge is -2.32. The van der Waals surface area contributed by atoms with Gasteiger partial charge in [0, 0.05) is 17.8 Å². The maximum atomic E-state index is 13.7. The Hall–Kier alpha value is -3.53. The predicted molar refractivity (Wildman–Crippen MR) is 147 cm³/mol. The van der Waals surface area contributed by atoms with Crippen molar-refractivity contribution in [1.29, 1.82) is 0 Å². The number of aromatic nitrogens is 1. The van der Waals surface area contributed by atoms with Crippen LogP contribution in [0, 0.1) is 6.92 Å². The Bertz CT molecular complexity index is 1200. The fourth-order valence-corrected chi connectivity index (χ4v) is 5.26. The van der Waals surface area contributed by atoms with E-state index in [2.05, 4.69) is 22.7 Å². The normalized spacial score (nSPS) is 14.6. The van der Waals surface area contributed by atoms with Crippen LogP contribution in [0.1, 0.15) is 62.2 Å². The van der Waals surface area contributed by atoms with Crippen molar-refractivity contribution in [3.63, 3.8) is 0 Å². The lowest BCUT2D eigenvalue weighted by atomic mass is 9.95. The average Bonchev–Trinajstić information content (AvgIpc) is 3.59. The van der Waals surface area contributed by atoms with Gasteiger partial charge in [-0.3, -0.25) is 19.3 Å². The minimum absolute atomic E-state index is 0.00525. The molecule has 3 amide bonds. The van der Waals surface area contributed by atoms with Gasteiger partial charge in [-0.15, -0.1) is 11.8 Å². The van der Waals surface area contributed by atoms with E-state index in [-0.39, 0.29) is 35.3 Å². The molecule has 1 aromatic carbocycles. The molecule has 1 aliphatic rings. The summed E-state index contributed by atoms with van der Waals surface area (Å²) in [7, 11) is 0. The Kier molecular flexibility index (Phi) is 9.64. The van der Waals surface area contributed by atoms with E-state index in [1.807, 2.05) is 24.3 Å². The summed E-state index contributed by atoms with van der Waals surface area (Å²) in [6.45, 7) is 3.79.